The summed E-state index contributed by atoms with van der Waals surface area (Å²) < 4.78 is 1.84. The molecule has 1 aromatic rings. The number of aromatic nitrogens is 2. The predicted molar refractivity (Wildman–Crippen MR) is 54.7 cm³/mol. The lowest BCUT2D eigenvalue weighted by atomic mass is 10.1. The smallest absolute Gasteiger partial charge is 0.240 e. The summed E-state index contributed by atoms with van der Waals surface area (Å²) in [6.07, 6.45) is 4.37. The van der Waals surface area contributed by atoms with Crippen molar-refractivity contribution < 1.29 is 4.79 Å². The second-order valence-corrected chi connectivity index (χ2v) is 3.93. The maximum absolute atomic E-state index is 11.0. The van der Waals surface area contributed by atoms with Crippen LogP contribution in [0.3, 0.4) is 0 Å². The molecule has 1 unspecified atom stereocenters. The quantitative estimate of drug-likeness (QED) is 0.782. The Morgan fingerprint density at radius 3 is 2.71 bits per heavy atom. The first kappa shape index (κ1) is 10.8. The van der Waals surface area contributed by atoms with E-state index in [4.69, 9.17) is 5.73 Å². The fourth-order valence-electron chi connectivity index (χ4n) is 1.36. The number of carbonyl (C=O) groups excluding carboxylic acids is 1. The molecule has 4 heteroatoms. The van der Waals surface area contributed by atoms with E-state index >= 15 is 0 Å². The number of hydrogen-bond donors (Lipinski definition) is 1. The Balaban J connectivity index is 2.86. The van der Waals surface area contributed by atoms with E-state index in [2.05, 4.69) is 18.8 Å². The Morgan fingerprint density at radius 1 is 1.57 bits per heavy atom. The van der Waals surface area contributed by atoms with Gasteiger partial charge >= 0.3 is 0 Å². The fourth-order valence-corrected chi connectivity index (χ4v) is 1.36. The molecule has 0 spiro atoms. The van der Waals surface area contributed by atoms with Gasteiger partial charge in [-0.05, 0) is 12.8 Å². The average molecular weight is 195 g/mol. The lowest BCUT2D eigenvalue weighted by Gasteiger charge is -2.13. The van der Waals surface area contributed by atoms with Crippen LogP contribution >= 0.6 is 0 Å². The summed E-state index contributed by atoms with van der Waals surface area (Å²) in [7, 11) is 0. The van der Waals surface area contributed by atoms with Gasteiger partial charge in [-0.2, -0.15) is 0 Å². The van der Waals surface area contributed by atoms with Crippen LogP contribution in [-0.4, -0.2) is 15.5 Å². The van der Waals surface area contributed by atoms with Crippen molar-refractivity contribution >= 4 is 5.91 Å². The number of imidazole rings is 1. The first-order valence-corrected chi connectivity index (χ1v) is 4.83. The number of hydrogen-bond acceptors (Lipinski definition) is 2. The zero-order valence-corrected chi connectivity index (χ0v) is 8.90. The molecule has 14 heavy (non-hydrogen) atoms. The highest BCUT2D eigenvalue weighted by molar-refractivity contribution is 5.77. The van der Waals surface area contributed by atoms with Crippen molar-refractivity contribution in [2.45, 2.75) is 33.2 Å². The van der Waals surface area contributed by atoms with Crippen molar-refractivity contribution in [1.29, 1.82) is 0 Å². The molecule has 1 amide bonds. The van der Waals surface area contributed by atoms with Gasteiger partial charge in [0.25, 0.3) is 0 Å². The third-order valence-corrected chi connectivity index (χ3v) is 2.17. The lowest BCUT2D eigenvalue weighted by Crippen LogP contribution is -2.25. The summed E-state index contributed by atoms with van der Waals surface area (Å²) in [5, 5.41) is 0. The normalized spacial score (nSPS) is 13.1. The van der Waals surface area contributed by atoms with Crippen molar-refractivity contribution in [3.8, 4) is 0 Å². The Morgan fingerprint density at radius 2 is 2.21 bits per heavy atom. The molecule has 0 aromatic carbocycles. The lowest BCUT2D eigenvalue weighted by molar-refractivity contribution is -0.120. The molecule has 0 aliphatic heterocycles. The summed E-state index contributed by atoms with van der Waals surface area (Å²) >= 11 is 0. The van der Waals surface area contributed by atoms with Gasteiger partial charge in [0.15, 0.2) is 0 Å². The number of carbonyl (C=O) groups is 1. The molecule has 1 aromatic heterocycles. The number of primary amides is 1. The predicted octanol–water partition coefficient (Wildman–Crippen LogP) is 1.13. The zero-order valence-electron chi connectivity index (χ0n) is 8.90. The molecule has 0 bridgehead atoms. The Bertz CT molecular complexity index is 317. The molecule has 0 aliphatic carbocycles. The Hall–Kier alpha value is -1.32. The van der Waals surface area contributed by atoms with Gasteiger partial charge in [0.05, 0.1) is 0 Å². The number of rotatable bonds is 4. The molecule has 0 saturated heterocycles. The fraction of sp³-hybridized carbons (Fsp3) is 0.600. The van der Waals surface area contributed by atoms with Gasteiger partial charge < -0.3 is 10.3 Å². The molecule has 2 N–H and O–H groups in total. The minimum Gasteiger partial charge on any atom is -0.368 e. The summed E-state index contributed by atoms with van der Waals surface area (Å²) in [5.74, 6) is 1.12. The number of nitrogens with zero attached hydrogens (tertiary/aromatic N) is 2. The third-order valence-electron chi connectivity index (χ3n) is 2.17. The first-order valence-electron chi connectivity index (χ1n) is 4.83. The largest absolute Gasteiger partial charge is 0.368 e. The summed E-state index contributed by atoms with van der Waals surface area (Å²) in [4.78, 5) is 15.2. The van der Waals surface area contributed by atoms with Crippen LogP contribution in [0.1, 0.15) is 32.6 Å². The molecule has 1 rings (SSSR count). The molecule has 0 saturated carbocycles. The van der Waals surface area contributed by atoms with E-state index in [1.165, 1.54) is 0 Å². The molecule has 1 atom stereocenters. The van der Waals surface area contributed by atoms with Crippen LogP contribution in [-0.2, 0) is 11.2 Å². The highest BCUT2D eigenvalue weighted by Gasteiger charge is 2.14. The highest BCUT2D eigenvalue weighted by atomic mass is 16.1. The third kappa shape index (κ3) is 2.34. The monoisotopic (exact) mass is 195 g/mol. The van der Waals surface area contributed by atoms with E-state index in [9.17, 15) is 4.79 Å². The van der Waals surface area contributed by atoms with E-state index in [-0.39, 0.29) is 11.9 Å². The Kier molecular flexibility index (Phi) is 3.28. The number of amides is 1. The summed E-state index contributed by atoms with van der Waals surface area (Å²) in [6.45, 7) is 6.02. The van der Waals surface area contributed by atoms with Crippen LogP contribution in [0.4, 0.5) is 0 Å². The van der Waals surface area contributed by atoms with Crippen molar-refractivity contribution in [3.05, 3.63) is 18.2 Å². The standard InChI is InChI=1S/C10H17N3O/c1-7(2)6-9-12-4-5-13(9)8(3)10(11)14/h4-5,7-8H,6H2,1-3H3,(H2,11,14). The van der Waals surface area contributed by atoms with Gasteiger partial charge in [0, 0.05) is 18.8 Å². The van der Waals surface area contributed by atoms with Crippen molar-refractivity contribution in [2.24, 2.45) is 11.7 Å². The van der Waals surface area contributed by atoms with Crippen LogP contribution < -0.4 is 5.73 Å². The van der Waals surface area contributed by atoms with Gasteiger partial charge in [0.1, 0.15) is 11.9 Å². The van der Waals surface area contributed by atoms with Gasteiger partial charge in [0.2, 0.25) is 5.91 Å². The van der Waals surface area contributed by atoms with E-state index in [0.717, 1.165) is 12.2 Å². The Labute approximate surface area is 84.1 Å². The van der Waals surface area contributed by atoms with Gasteiger partial charge in [-0.15, -0.1) is 0 Å². The second kappa shape index (κ2) is 4.26. The van der Waals surface area contributed by atoms with E-state index < -0.39 is 0 Å². The van der Waals surface area contributed by atoms with Crippen molar-refractivity contribution in [1.82, 2.24) is 9.55 Å². The van der Waals surface area contributed by atoms with Crippen LogP contribution in [0.25, 0.3) is 0 Å². The molecule has 78 valence electrons. The van der Waals surface area contributed by atoms with E-state index in [1.54, 1.807) is 19.3 Å². The molecular weight excluding hydrogens is 178 g/mol. The molecule has 4 nitrogen and oxygen atoms in total. The molecule has 0 aliphatic rings. The van der Waals surface area contributed by atoms with Crippen molar-refractivity contribution in [2.75, 3.05) is 0 Å². The van der Waals surface area contributed by atoms with Crippen molar-refractivity contribution in [3.63, 3.8) is 0 Å². The minimum absolute atomic E-state index is 0.314. The van der Waals surface area contributed by atoms with Crippen LogP contribution in [0.2, 0.25) is 0 Å². The first-order chi connectivity index (χ1) is 6.52. The second-order valence-electron chi connectivity index (χ2n) is 3.93. The molecule has 1 heterocycles. The topological polar surface area (TPSA) is 60.9 Å². The van der Waals surface area contributed by atoms with E-state index in [0.29, 0.717) is 5.92 Å². The number of nitrogens with two attached hydrogens (primary N) is 1. The van der Waals surface area contributed by atoms with Gasteiger partial charge in [-0.3, -0.25) is 4.79 Å². The van der Waals surface area contributed by atoms with Gasteiger partial charge in [-0.1, -0.05) is 13.8 Å². The zero-order chi connectivity index (χ0) is 10.7. The molecule has 0 fully saturated rings. The summed E-state index contributed by atoms with van der Waals surface area (Å²) in [6, 6.07) is -0.314. The van der Waals surface area contributed by atoms with Crippen LogP contribution in [0, 0.1) is 5.92 Å². The maximum atomic E-state index is 11.0. The minimum atomic E-state index is -0.326. The maximum Gasteiger partial charge on any atom is 0.240 e. The molecule has 0 radical (unpaired) electrons. The SMILES string of the molecule is CC(C)Cc1nccn1C(C)C(N)=O. The average Bonchev–Trinajstić information content (AvgIpc) is 2.49. The molecular formula is C10H17N3O. The van der Waals surface area contributed by atoms with Gasteiger partial charge in [-0.25, -0.2) is 4.98 Å². The van der Waals surface area contributed by atoms with Crippen LogP contribution in [0.15, 0.2) is 12.4 Å². The van der Waals surface area contributed by atoms with Crippen LogP contribution in [0.5, 0.6) is 0 Å². The summed E-state index contributed by atoms with van der Waals surface area (Å²) in [5.41, 5.74) is 5.24. The highest BCUT2D eigenvalue weighted by Crippen LogP contribution is 2.12. The van der Waals surface area contributed by atoms with E-state index in [1.807, 2.05) is 4.57 Å².